The maximum atomic E-state index is 10.9. The van der Waals surface area contributed by atoms with Gasteiger partial charge in [-0.2, -0.15) is 0 Å². The third kappa shape index (κ3) is 2.15. The second kappa shape index (κ2) is 4.13. The monoisotopic (exact) mass is 207 g/mol. The zero-order valence-corrected chi connectivity index (χ0v) is 8.92. The van der Waals surface area contributed by atoms with Crippen LogP contribution in [0.4, 0.5) is 5.69 Å². The van der Waals surface area contributed by atoms with Gasteiger partial charge in [-0.3, -0.25) is 9.59 Å². The van der Waals surface area contributed by atoms with Crippen molar-refractivity contribution in [1.29, 1.82) is 0 Å². The van der Waals surface area contributed by atoms with Crippen molar-refractivity contribution in [2.45, 2.75) is 20.8 Å². The van der Waals surface area contributed by atoms with Crippen molar-refractivity contribution in [3.8, 4) is 5.75 Å². The van der Waals surface area contributed by atoms with Crippen LogP contribution >= 0.6 is 0 Å². The van der Waals surface area contributed by atoms with Gasteiger partial charge >= 0.3 is 0 Å². The Morgan fingerprint density at radius 2 is 2.07 bits per heavy atom. The van der Waals surface area contributed by atoms with E-state index in [1.165, 1.54) is 6.92 Å². The first-order valence-electron chi connectivity index (χ1n) is 4.53. The highest BCUT2D eigenvalue weighted by Crippen LogP contribution is 2.29. The zero-order valence-electron chi connectivity index (χ0n) is 8.92. The number of nitrogens with one attached hydrogen (secondary N) is 1. The molecule has 0 aliphatic rings. The predicted octanol–water partition coefficient (Wildman–Crippen LogP) is 1.78. The molecule has 0 aliphatic carbocycles. The van der Waals surface area contributed by atoms with Gasteiger partial charge in [0.25, 0.3) is 0 Å². The van der Waals surface area contributed by atoms with Crippen molar-refractivity contribution in [3.05, 3.63) is 22.8 Å². The number of benzene rings is 1. The van der Waals surface area contributed by atoms with E-state index in [0.29, 0.717) is 23.1 Å². The maximum Gasteiger partial charge on any atom is 0.221 e. The number of rotatable bonds is 2. The van der Waals surface area contributed by atoms with Crippen LogP contribution in [-0.4, -0.2) is 17.3 Å². The molecule has 4 heteroatoms. The lowest BCUT2D eigenvalue weighted by Crippen LogP contribution is -2.08. The molecule has 1 rings (SSSR count). The smallest absolute Gasteiger partial charge is 0.221 e. The van der Waals surface area contributed by atoms with Crippen LogP contribution in [0.1, 0.15) is 28.4 Å². The summed E-state index contributed by atoms with van der Waals surface area (Å²) in [5.41, 5.74) is 1.91. The van der Waals surface area contributed by atoms with Crippen LogP contribution in [0, 0.1) is 13.8 Å². The molecule has 0 heterocycles. The van der Waals surface area contributed by atoms with Crippen LogP contribution < -0.4 is 5.32 Å². The average molecular weight is 207 g/mol. The predicted molar refractivity (Wildman–Crippen MR) is 57.3 cm³/mol. The van der Waals surface area contributed by atoms with Gasteiger partial charge in [0.1, 0.15) is 5.75 Å². The lowest BCUT2D eigenvalue weighted by molar-refractivity contribution is -0.114. The number of phenols is 1. The first-order valence-corrected chi connectivity index (χ1v) is 4.53. The number of carbonyl (C=O) groups is 2. The number of carbonyl (C=O) groups excluding carboxylic acids is 2. The highest BCUT2D eigenvalue weighted by atomic mass is 16.3. The van der Waals surface area contributed by atoms with Crippen LogP contribution in [0.15, 0.2) is 6.07 Å². The maximum absolute atomic E-state index is 10.9. The molecule has 0 aliphatic heterocycles. The van der Waals surface area contributed by atoms with Crippen LogP contribution in [0.2, 0.25) is 0 Å². The summed E-state index contributed by atoms with van der Waals surface area (Å²) >= 11 is 0. The topological polar surface area (TPSA) is 66.4 Å². The van der Waals surface area contributed by atoms with Crippen LogP contribution in [0.5, 0.6) is 5.75 Å². The van der Waals surface area contributed by atoms with Crippen molar-refractivity contribution in [2.24, 2.45) is 0 Å². The second-order valence-electron chi connectivity index (χ2n) is 3.43. The summed E-state index contributed by atoms with van der Waals surface area (Å²) in [6.07, 6.45) is 0.586. The number of aryl methyl sites for hydroxylation is 1. The molecule has 0 aromatic heterocycles. The molecule has 1 aromatic carbocycles. The van der Waals surface area contributed by atoms with Crippen molar-refractivity contribution in [1.82, 2.24) is 0 Å². The quantitative estimate of drug-likeness (QED) is 0.573. The van der Waals surface area contributed by atoms with Gasteiger partial charge in [-0.05, 0) is 31.0 Å². The van der Waals surface area contributed by atoms with E-state index in [4.69, 9.17) is 0 Å². The Kier molecular flexibility index (Phi) is 3.09. The van der Waals surface area contributed by atoms with E-state index in [-0.39, 0.29) is 17.2 Å². The lowest BCUT2D eigenvalue weighted by atomic mass is 10.0. The Balaban J connectivity index is 3.36. The molecule has 4 nitrogen and oxygen atoms in total. The summed E-state index contributed by atoms with van der Waals surface area (Å²) in [4.78, 5) is 21.7. The molecule has 0 fully saturated rings. The molecule has 0 atom stereocenters. The van der Waals surface area contributed by atoms with E-state index >= 15 is 0 Å². The number of hydrogen-bond donors (Lipinski definition) is 2. The van der Waals surface area contributed by atoms with Crippen molar-refractivity contribution >= 4 is 17.9 Å². The fraction of sp³-hybridized carbons (Fsp3) is 0.273. The molecule has 0 bridgehead atoms. The van der Waals surface area contributed by atoms with E-state index in [0.717, 1.165) is 0 Å². The number of hydrogen-bond acceptors (Lipinski definition) is 3. The molecular formula is C11H13NO3. The van der Waals surface area contributed by atoms with Crippen molar-refractivity contribution < 1.29 is 14.7 Å². The average Bonchev–Trinajstić information content (AvgIpc) is 2.14. The minimum absolute atomic E-state index is 0.0309. The van der Waals surface area contributed by atoms with E-state index in [2.05, 4.69) is 5.32 Å². The number of amides is 1. The van der Waals surface area contributed by atoms with Crippen molar-refractivity contribution in [2.75, 3.05) is 5.32 Å². The zero-order chi connectivity index (χ0) is 11.6. The highest BCUT2D eigenvalue weighted by molar-refractivity contribution is 5.93. The van der Waals surface area contributed by atoms with Gasteiger partial charge in [0.2, 0.25) is 5.91 Å². The second-order valence-corrected chi connectivity index (χ2v) is 3.43. The number of phenolic OH excluding ortho intramolecular Hbond substituents is 1. The summed E-state index contributed by atoms with van der Waals surface area (Å²) in [6.45, 7) is 4.74. The molecule has 0 unspecified atom stereocenters. The summed E-state index contributed by atoms with van der Waals surface area (Å²) in [5.74, 6) is -0.239. The minimum atomic E-state index is -0.208. The first kappa shape index (κ1) is 11.2. The summed E-state index contributed by atoms with van der Waals surface area (Å²) in [5, 5.41) is 12.2. The Bertz CT molecular complexity index is 424. The molecule has 0 spiro atoms. The molecule has 1 amide bonds. The molecule has 80 valence electrons. The Labute approximate surface area is 87.9 Å². The molecule has 0 radical (unpaired) electrons. The van der Waals surface area contributed by atoms with E-state index < -0.39 is 0 Å². The molecule has 15 heavy (non-hydrogen) atoms. The van der Waals surface area contributed by atoms with E-state index in [1.807, 2.05) is 0 Å². The summed E-state index contributed by atoms with van der Waals surface area (Å²) in [6, 6.07) is 1.64. The molecule has 2 N–H and O–H groups in total. The van der Waals surface area contributed by atoms with Gasteiger partial charge < -0.3 is 10.4 Å². The van der Waals surface area contributed by atoms with Gasteiger partial charge in [-0.25, -0.2) is 0 Å². The summed E-state index contributed by atoms with van der Waals surface area (Å²) < 4.78 is 0. The highest BCUT2D eigenvalue weighted by Gasteiger charge is 2.12. The Morgan fingerprint density at radius 1 is 1.47 bits per heavy atom. The first-order chi connectivity index (χ1) is 6.97. The minimum Gasteiger partial charge on any atom is -0.507 e. The molecule has 0 saturated carbocycles. The third-order valence-electron chi connectivity index (χ3n) is 2.23. The fourth-order valence-electron chi connectivity index (χ4n) is 1.39. The van der Waals surface area contributed by atoms with Crippen LogP contribution in [0.3, 0.4) is 0 Å². The van der Waals surface area contributed by atoms with E-state index in [9.17, 15) is 14.7 Å². The van der Waals surface area contributed by atoms with Gasteiger partial charge in [0, 0.05) is 12.6 Å². The van der Waals surface area contributed by atoms with Gasteiger partial charge in [-0.1, -0.05) is 0 Å². The van der Waals surface area contributed by atoms with Gasteiger partial charge in [0.05, 0.1) is 5.56 Å². The van der Waals surface area contributed by atoms with Gasteiger partial charge in [0.15, 0.2) is 6.29 Å². The van der Waals surface area contributed by atoms with Gasteiger partial charge in [-0.15, -0.1) is 0 Å². The largest absolute Gasteiger partial charge is 0.507 e. The Morgan fingerprint density at radius 3 is 2.53 bits per heavy atom. The number of aromatic hydroxyl groups is 1. The van der Waals surface area contributed by atoms with E-state index in [1.54, 1.807) is 19.9 Å². The Hall–Kier alpha value is -1.84. The number of aldehydes is 1. The molecular weight excluding hydrogens is 194 g/mol. The lowest BCUT2D eigenvalue weighted by Gasteiger charge is -2.12. The summed E-state index contributed by atoms with van der Waals surface area (Å²) in [7, 11) is 0. The fourth-order valence-corrected chi connectivity index (χ4v) is 1.39. The molecule has 1 aromatic rings. The van der Waals surface area contributed by atoms with Crippen LogP contribution in [0.25, 0.3) is 0 Å². The third-order valence-corrected chi connectivity index (χ3v) is 2.23. The van der Waals surface area contributed by atoms with Crippen LogP contribution in [-0.2, 0) is 4.79 Å². The molecule has 0 saturated heterocycles. The SMILES string of the molecule is CC(=O)Nc1cc(C)c(O)c(C=O)c1C. The number of anilines is 1. The van der Waals surface area contributed by atoms with Crippen molar-refractivity contribution in [3.63, 3.8) is 0 Å². The normalized spacial score (nSPS) is 9.80. The standard InChI is InChI=1S/C11H13NO3/c1-6-4-10(12-8(3)14)7(2)9(5-13)11(6)15/h4-5,15H,1-3H3,(H,12,14).